The molecule has 0 heterocycles. The van der Waals surface area contributed by atoms with E-state index in [-0.39, 0.29) is 17.4 Å². The highest BCUT2D eigenvalue weighted by Gasteiger charge is 2.63. The zero-order valence-electron chi connectivity index (χ0n) is 21.1. The zero-order valence-corrected chi connectivity index (χ0v) is 21.1. The first kappa shape index (κ1) is 24.0. The van der Waals surface area contributed by atoms with Crippen molar-refractivity contribution in [3.63, 3.8) is 0 Å². The third-order valence-electron chi connectivity index (χ3n) is 11.7. The van der Waals surface area contributed by atoms with Crippen LogP contribution in [0.4, 0.5) is 0 Å². The summed E-state index contributed by atoms with van der Waals surface area (Å²) in [6, 6.07) is 0. The lowest BCUT2D eigenvalue weighted by Gasteiger charge is -2.63. The summed E-state index contributed by atoms with van der Waals surface area (Å²) in [7, 11) is 0. The van der Waals surface area contributed by atoms with E-state index in [0.29, 0.717) is 30.1 Å². The first-order chi connectivity index (χ1) is 14.4. The minimum absolute atomic E-state index is 0.0375. The summed E-state index contributed by atoms with van der Waals surface area (Å²) in [5.74, 6) is 3.67. The topological polar surface area (TPSA) is 60.7 Å². The van der Waals surface area contributed by atoms with Gasteiger partial charge in [0.2, 0.25) is 0 Å². The molecule has 10 atom stereocenters. The number of fused-ring (bicyclic) bond motifs is 5. The summed E-state index contributed by atoms with van der Waals surface area (Å²) in [5.41, 5.74) is 0.492. The van der Waals surface area contributed by atoms with Gasteiger partial charge in [-0.2, -0.15) is 0 Å². The Hall–Kier alpha value is -0.120. The molecular formula is C28H50O3. The predicted octanol–water partition coefficient (Wildman–Crippen LogP) is 6.01. The minimum atomic E-state index is -1.58. The van der Waals surface area contributed by atoms with Crippen molar-refractivity contribution in [3.05, 3.63) is 0 Å². The van der Waals surface area contributed by atoms with Crippen LogP contribution in [0.1, 0.15) is 106 Å². The maximum atomic E-state index is 11.2. The maximum Gasteiger partial charge on any atom is 0.162 e. The summed E-state index contributed by atoms with van der Waals surface area (Å²) in [6.45, 7) is 14.6. The minimum Gasteiger partial charge on any atom is -0.393 e. The number of aliphatic hydroxyl groups excluding tert-OH is 1. The summed E-state index contributed by atoms with van der Waals surface area (Å²) in [5, 5.41) is 31.8. The van der Waals surface area contributed by atoms with Gasteiger partial charge in [0.1, 0.15) is 0 Å². The van der Waals surface area contributed by atoms with Gasteiger partial charge in [-0.3, -0.25) is 0 Å². The SMILES string of the molecule is CC(C)[C@H](C)CC[C@@H](C)[C@H]1CC[C@H]2[C@@H]3CC(O)[C@H]4CC(O)(O)CC[C@]4(C)[C@H]3CC[C@]12C. The van der Waals surface area contributed by atoms with E-state index in [2.05, 4.69) is 41.5 Å². The van der Waals surface area contributed by atoms with E-state index in [4.69, 9.17) is 0 Å². The third kappa shape index (κ3) is 4.03. The Morgan fingerprint density at radius 2 is 1.48 bits per heavy atom. The predicted molar refractivity (Wildman–Crippen MR) is 126 cm³/mol. The highest BCUT2D eigenvalue weighted by Crippen LogP contribution is 2.68. The van der Waals surface area contributed by atoms with E-state index in [1.807, 2.05) is 0 Å². The smallest absolute Gasteiger partial charge is 0.162 e. The van der Waals surface area contributed by atoms with Crippen molar-refractivity contribution in [3.8, 4) is 0 Å². The third-order valence-corrected chi connectivity index (χ3v) is 11.7. The normalized spacial score (nSPS) is 48.6. The molecule has 3 N–H and O–H groups in total. The lowest BCUT2D eigenvalue weighted by molar-refractivity contribution is -0.251. The molecule has 180 valence electrons. The fourth-order valence-corrected chi connectivity index (χ4v) is 9.29. The van der Waals surface area contributed by atoms with Crippen molar-refractivity contribution in [1.29, 1.82) is 0 Å². The molecule has 4 saturated carbocycles. The van der Waals surface area contributed by atoms with Crippen LogP contribution in [-0.2, 0) is 0 Å². The van der Waals surface area contributed by atoms with Gasteiger partial charge in [0.15, 0.2) is 5.79 Å². The average Bonchev–Trinajstić information content (AvgIpc) is 3.05. The molecule has 0 aromatic carbocycles. The van der Waals surface area contributed by atoms with Gasteiger partial charge in [0, 0.05) is 12.8 Å². The van der Waals surface area contributed by atoms with Gasteiger partial charge in [-0.25, -0.2) is 0 Å². The second kappa shape index (κ2) is 8.27. The molecule has 3 nitrogen and oxygen atoms in total. The highest BCUT2D eigenvalue weighted by molar-refractivity contribution is 5.11. The number of aliphatic hydroxyl groups is 3. The molecule has 4 fully saturated rings. The van der Waals surface area contributed by atoms with E-state index < -0.39 is 5.79 Å². The van der Waals surface area contributed by atoms with Gasteiger partial charge in [-0.1, -0.05) is 54.4 Å². The first-order valence-electron chi connectivity index (χ1n) is 13.5. The molecule has 0 amide bonds. The Kier molecular flexibility index (Phi) is 6.41. The molecule has 3 heteroatoms. The second-order valence-corrected chi connectivity index (χ2v) is 13.5. The van der Waals surface area contributed by atoms with Crippen LogP contribution in [0.2, 0.25) is 0 Å². The monoisotopic (exact) mass is 434 g/mol. The summed E-state index contributed by atoms with van der Waals surface area (Å²) < 4.78 is 0. The second-order valence-electron chi connectivity index (χ2n) is 13.5. The summed E-state index contributed by atoms with van der Waals surface area (Å²) in [4.78, 5) is 0. The van der Waals surface area contributed by atoms with Crippen LogP contribution in [0.3, 0.4) is 0 Å². The molecule has 0 aromatic heterocycles. The number of hydrogen-bond acceptors (Lipinski definition) is 3. The van der Waals surface area contributed by atoms with Gasteiger partial charge in [0.25, 0.3) is 0 Å². The lowest BCUT2D eigenvalue weighted by atomic mass is 9.43. The van der Waals surface area contributed by atoms with Crippen molar-refractivity contribution in [2.45, 2.75) is 118 Å². The van der Waals surface area contributed by atoms with Crippen LogP contribution >= 0.6 is 0 Å². The quantitative estimate of drug-likeness (QED) is 0.465. The maximum absolute atomic E-state index is 11.2. The van der Waals surface area contributed by atoms with Gasteiger partial charge in [0.05, 0.1) is 6.10 Å². The summed E-state index contributed by atoms with van der Waals surface area (Å²) >= 11 is 0. The van der Waals surface area contributed by atoms with Crippen LogP contribution in [0.5, 0.6) is 0 Å². The van der Waals surface area contributed by atoms with Crippen LogP contribution in [0.25, 0.3) is 0 Å². The fourth-order valence-electron chi connectivity index (χ4n) is 9.29. The Bertz CT molecular complexity index is 644. The molecule has 0 saturated heterocycles. The largest absolute Gasteiger partial charge is 0.393 e. The van der Waals surface area contributed by atoms with Crippen molar-refractivity contribution < 1.29 is 15.3 Å². The molecule has 4 aliphatic carbocycles. The Morgan fingerprint density at radius 3 is 2.16 bits per heavy atom. The molecule has 0 bridgehead atoms. The Morgan fingerprint density at radius 1 is 0.806 bits per heavy atom. The molecule has 0 radical (unpaired) electrons. The van der Waals surface area contributed by atoms with Crippen molar-refractivity contribution in [2.75, 3.05) is 0 Å². The summed E-state index contributed by atoms with van der Waals surface area (Å²) in [6.07, 6.45) is 10.2. The van der Waals surface area contributed by atoms with E-state index in [0.717, 1.165) is 42.4 Å². The van der Waals surface area contributed by atoms with Crippen LogP contribution in [0.15, 0.2) is 0 Å². The number of hydrogen-bond donors (Lipinski definition) is 3. The molecule has 0 aliphatic heterocycles. The van der Waals surface area contributed by atoms with Crippen LogP contribution in [0, 0.1) is 58.2 Å². The van der Waals surface area contributed by atoms with Crippen molar-refractivity contribution in [1.82, 2.24) is 0 Å². The van der Waals surface area contributed by atoms with E-state index >= 15 is 0 Å². The van der Waals surface area contributed by atoms with Crippen LogP contribution in [-0.4, -0.2) is 27.2 Å². The van der Waals surface area contributed by atoms with E-state index in [9.17, 15) is 15.3 Å². The Labute approximate surface area is 191 Å². The molecule has 0 aromatic rings. The van der Waals surface area contributed by atoms with E-state index in [1.165, 1.54) is 38.5 Å². The van der Waals surface area contributed by atoms with Gasteiger partial charge < -0.3 is 15.3 Å². The van der Waals surface area contributed by atoms with Gasteiger partial charge >= 0.3 is 0 Å². The average molecular weight is 435 g/mol. The molecule has 4 rings (SSSR count). The first-order valence-corrected chi connectivity index (χ1v) is 13.5. The van der Waals surface area contributed by atoms with Gasteiger partial charge in [-0.05, 0) is 96.7 Å². The molecule has 4 aliphatic rings. The molecule has 0 spiro atoms. The van der Waals surface area contributed by atoms with E-state index in [1.54, 1.807) is 0 Å². The molecule has 31 heavy (non-hydrogen) atoms. The van der Waals surface area contributed by atoms with Crippen molar-refractivity contribution >= 4 is 0 Å². The molecule has 1 unspecified atom stereocenters. The molecular weight excluding hydrogens is 384 g/mol. The highest BCUT2D eigenvalue weighted by atomic mass is 16.5. The fraction of sp³-hybridized carbons (Fsp3) is 1.00. The number of rotatable bonds is 5. The van der Waals surface area contributed by atoms with Crippen LogP contribution < -0.4 is 0 Å². The van der Waals surface area contributed by atoms with Gasteiger partial charge in [-0.15, -0.1) is 0 Å². The standard InChI is InChI=1S/C28H50O3/c1-17(2)18(3)7-8-19(4)21-9-10-22-20-15-25(29)24-16-28(30,31)14-13-27(24,6)23(20)11-12-26(21,22)5/h17-25,29-31H,7-16H2,1-6H3/t18-,19-,20+,21-,22+,23+,24-,25?,26-,27-/m1/s1. The van der Waals surface area contributed by atoms with Crippen molar-refractivity contribution in [2.24, 2.45) is 58.2 Å². The zero-order chi connectivity index (χ0) is 22.8. The Balaban J connectivity index is 1.50. The lowest BCUT2D eigenvalue weighted by Crippen LogP contribution is -2.60.